The summed E-state index contributed by atoms with van der Waals surface area (Å²) in [5, 5.41) is 15.5. The average Bonchev–Trinajstić information content (AvgIpc) is 3.08. The fourth-order valence-corrected chi connectivity index (χ4v) is 2.44. The summed E-state index contributed by atoms with van der Waals surface area (Å²) in [5.41, 5.74) is 1.04. The van der Waals surface area contributed by atoms with Gasteiger partial charge in [0.25, 0.3) is 0 Å². The van der Waals surface area contributed by atoms with Gasteiger partial charge in [-0.25, -0.2) is 4.79 Å². The number of carbonyl (C=O) groups is 1. The topological polar surface area (TPSA) is 77.7 Å². The van der Waals surface area contributed by atoms with E-state index in [0.29, 0.717) is 13.0 Å². The van der Waals surface area contributed by atoms with Crippen LogP contribution in [-0.2, 0) is 6.42 Å². The van der Waals surface area contributed by atoms with Crippen molar-refractivity contribution in [3.63, 3.8) is 0 Å². The van der Waals surface area contributed by atoms with Gasteiger partial charge >= 0.3 is 6.03 Å². The smallest absolute Gasteiger partial charge is 0.314 e. The number of aliphatic hydroxyl groups is 1. The molecule has 3 N–H and O–H groups in total. The molecule has 130 valence electrons. The third-order valence-electron chi connectivity index (χ3n) is 3.76. The predicted molar refractivity (Wildman–Crippen MR) is 92.7 cm³/mol. The van der Waals surface area contributed by atoms with E-state index in [1.54, 1.807) is 6.26 Å². The van der Waals surface area contributed by atoms with Crippen molar-refractivity contribution in [3.05, 3.63) is 60.1 Å². The Kier molecular flexibility index (Phi) is 6.84. The van der Waals surface area contributed by atoms with Gasteiger partial charge in [0.15, 0.2) is 0 Å². The summed E-state index contributed by atoms with van der Waals surface area (Å²) in [6.45, 7) is 0.620. The Bertz CT molecular complexity index is 599. The Balaban J connectivity index is 1.72. The second-order valence-electron chi connectivity index (χ2n) is 5.93. The van der Waals surface area contributed by atoms with Crippen LogP contribution in [0, 0.1) is 0 Å². The highest BCUT2D eigenvalue weighted by Gasteiger charge is 2.18. The van der Waals surface area contributed by atoms with Gasteiger partial charge in [-0.2, -0.15) is 0 Å². The molecular formula is C18H25N3O3. The number of urea groups is 1. The van der Waals surface area contributed by atoms with Gasteiger partial charge in [0.1, 0.15) is 5.76 Å². The summed E-state index contributed by atoms with van der Waals surface area (Å²) in [7, 11) is 3.85. The highest BCUT2D eigenvalue weighted by Crippen LogP contribution is 2.17. The Morgan fingerprint density at radius 3 is 2.46 bits per heavy atom. The Labute approximate surface area is 142 Å². The zero-order chi connectivity index (χ0) is 17.4. The number of aliphatic hydroxyl groups excluding tert-OH is 1. The number of furan rings is 1. The molecule has 1 aromatic carbocycles. The van der Waals surface area contributed by atoms with E-state index in [0.717, 1.165) is 11.3 Å². The fourth-order valence-electron chi connectivity index (χ4n) is 2.44. The monoisotopic (exact) mass is 331 g/mol. The van der Waals surface area contributed by atoms with Crippen molar-refractivity contribution >= 4 is 6.03 Å². The number of likely N-dealkylation sites (N-methyl/N-ethyl adjacent to an activating group) is 1. The number of nitrogens with one attached hydrogen (secondary N) is 2. The molecule has 0 radical (unpaired) electrons. The highest BCUT2D eigenvalue weighted by atomic mass is 16.3. The summed E-state index contributed by atoms with van der Waals surface area (Å²) in [6, 6.07) is 13.1. The van der Waals surface area contributed by atoms with Crippen LogP contribution in [-0.4, -0.2) is 49.3 Å². The molecule has 2 unspecified atom stereocenters. The summed E-state index contributed by atoms with van der Waals surface area (Å²) < 4.78 is 5.40. The zero-order valence-corrected chi connectivity index (χ0v) is 14.1. The van der Waals surface area contributed by atoms with Crippen molar-refractivity contribution in [2.75, 3.05) is 27.2 Å². The van der Waals surface area contributed by atoms with E-state index in [2.05, 4.69) is 10.6 Å². The van der Waals surface area contributed by atoms with Gasteiger partial charge in [-0.05, 0) is 31.8 Å². The largest absolute Gasteiger partial charge is 0.468 e. The van der Waals surface area contributed by atoms with Crippen LogP contribution in [0.15, 0.2) is 53.1 Å². The van der Waals surface area contributed by atoms with E-state index < -0.39 is 6.10 Å². The van der Waals surface area contributed by atoms with Crippen LogP contribution in [0.25, 0.3) is 0 Å². The van der Waals surface area contributed by atoms with Crippen LogP contribution in [0.3, 0.4) is 0 Å². The fraction of sp³-hybridized carbons (Fsp3) is 0.389. The third kappa shape index (κ3) is 5.72. The number of hydrogen-bond acceptors (Lipinski definition) is 4. The molecule has 2 atom stereocenters. The third-order valence-corrected chi connectivity index (χ3v) is 3.76. The number of nitrogens with zero attached hydrogens (tertiary/aromatic N) is 1. The number of benzene rings is 1. The molecule has 2 amide bonds. The molecule has 0 aliphatic heterocycles. The standard InChI is InChI=1S/C18H25N3O3/c1-21(2)16(17-9-6-10-24-17)13-20-18(23)19-12-15(22)11-14-7-4-3-5-8-14/h3-10,15-16,22H,11-13H2,1-2H3,(H2,19,20,23). The number of rotatable bonds is 8. The number of carbonyl (C=O) groups excluding carboxylic acids is 1. The van der Waals surface area contributed by atoms with Crippen LogP contribution >= 0.6 is 0 Å². The minimum absolute atomic E-state index is 0.0417. The van der Waals surface area contributed by atoms with Crippen molar-refractivity contribution in [2.45, 2.75) is 18.6 Å². The van der Waals surface area contributed by atoms with E-state index in [9.17, 15) is 9.90 Å². The second-order valence-corrected chi connectivity index (χ2v) is 5.93. The molecule has 2 aromatic rings. The first kappa shape index (κ1) is 18.0. The maximum absolute atomic E-state index is 11.9. The maximum atomic E-state index is 11.9. The molecule has 6 heteroatoms. The Morgan fingerprint density at radius 2 is 1.83 bits per heavy atom. The first-order valence-corrected chi connectivity index (χ1v) is 7.99. The molecule has 0 spiro atoms. The number of hydrogen-bond donors (Lipinski definition) is 3. The van der Waals surface area contributed by atoms with Crippen LogP contribution in [0.5, 0.6) is 0 Å². The lowest BCUT2D eigenvalue weighted by molar-refractivity contribution is 0.169. The lowest BCUT2D eigenvalue weighted by Gasteiger charge is -2.22. The summed E-state index contributed by atoms with van der Waals surface area (Å²) >= 11 is 0. The van der Waals surface area contributed by atoms with Crippen LogP contribution in [0.4, 0.5) is 4.79 Å². The molecule has 0 saturated heterocycles. The summed E-state index contributed by atoms with van der Waals surface area (Å²) in [4.78, 5) is 13.9. The van der Waals surface area contributed by atoms with E-state index in [4.69, 9.17) is 4.42 Å². The molecule has 0 bridgehead atoms. The van der Waals surface area contributed by atoms with Crippen LogP contribution < -0.4 is 10.6 Å². The SMILES string of the molecule is CN(C)C(CNC(=O)NCC(O)Cc1ccccc1)c1ccco1. The Morgan fingerprint density at radius 1 is 1.12 bits per heavy atom. The maximum Gasteiger partial charge on any atom is 0.314 e. The first-order chi connectivity index (χ1) is 11.6. The van der Waals surface area contributed by atoms with Crippen molar-refractivity contribution in [1.29, 1.82) is 0 Å². The van der Waals surface area contributed by atoms with Gasteiger partial charge < -0.3 is 20.2 Å². The minimum atomic E-state index is -0.618. The van der Waals surface area contributed by atoms with Gasteiger partial charge in [0.2, 0.25) is 0 Å². The summed E-state index contributed by atoms with van der Waals surface area (Å²) in [6.07, 6.45) is 1.51. The van der Waals surface area contributed by atoms with E-state index in [-0.39, 0.29) is 18.6 Å². The lowest BCUT2D eigenvalue weighted by Crippen LogP contribution is -2.43. The van der Waals surface area contributed by atoms with Crippen molar-refractivity contribution in [1.82, 2.24) is 15.5 Å². The molecule has 2 rings (SSSR count). The lowest BCUT2D eigenvalue weighted by atomic mass is 10.1. The quantitative estimate of drug-likeness (QED) is 0.689. The molecule has 0 fully saturated rings. The summed E-state index contributed by atoms with van der Waals surface area (Å²) in [5.74, 6) is 0.796. The average molecular weight is 331 g/mol. The van der Waals surface area contributed by atoms with Gasteiger partial charge in [-0.15, -0.1) is 0 Å². The van der Waals surface area contributed by atoms with Gasteiger partial charge in [-0.3, -0.25) is 4.90 Å². The molecule has 1 heterocycles. The van der Waals surface area contributed by atoms with E-state index in [1.165, 1.54) is 0 Å². The molecule has 6 nitrogen and oxygen atoms in total. The first-order valence-electron chi connectivity index (χ1n) is 7.99. The molecule has 24 heavy (non-hydrogen) atoms. The predicted octanol–water partition coefficient (Wildman–Crippen LogP) is 1.79. The molecule has 0 aliphatic rings. The normalized spacial score (nSPS) is 13.5. The molecule has 0 saturated carbocycles. The zero-order valence-electron chi connectivity index (χ0n) is 14.1. The molecule has 0 aliphatic carbocycles. The van der Waals surface area contributed by atoms with Crippen molar-refractivity contribution in [2.24, 2.45) is 0 Å². The Hall–Kier alpha value is -2.31. The van der Waals surface area contributed by atoms with E-state index >= 15 is 0 Å². The van der Waals surface area contributed by atoms with E-state index in [1.807, 2.05) is 61.5 Å². The van der Waals surface area contributed by atoms with Gasteiger partial charge in [-0.1, -0.05) is 30.3 Å². The van der Waals surface area contributed by atoms with Crippen molar-refractivity contribution < 1.29 is 14.3 Å². The van der Waals surface area contributed by atoms with Gasteiger partial charge in [0.05, 0.1) is 18.4 Å². The highest BCUT2D eigenvalue weighted by molar-refractivity contribution is 5.73. The second kappa shape index (κ2) is 9.10. The minimum Gasteiger partial charge on any atom is -0.468 e. The van der Waals surface area contributed by atoms with Crippen molar-refractivity contribution in [3.8, 4) is 0 Å². The van der Waals surface area contributed by atoms with Crippen LogP contribution in [0.1, 0.15) is 17.4 Å². The van der Waals surface area contributed by atoms with Crippen LogP contribution in [0.2, 0.25) is 0 Å². The van der Waals surface area contributed by atoms with Gasteiger partial charge in [0, 0.05) is 19.5 Å². The number of amides is 2. The molecule has 1 aromatic heterocycles. The molecular weight excluding hydrogens is 306 g/mol.